The van der Waals surface area contributed by atoms with Crippen molar-refractivity contribution in [3.63, 3.8) is 0 Å². The Kier molecular flexibility index (Phi) is 7.84. The summed E-state index contributed by atoms with van der Waals surface area (Å²) in [7, 11) is 2.82. The van der Waals surface area contributed by atoms with Crippen molar-refractivity contribution >= 4 is 40.9 Å². The van der Waals surface area contributed by atoms with Crippen LogP contribution in [0.25, 0.3) is 6.08 Å². The Morgan fingerprint density at radius 2 is 2.00 bits per heavy atom. The second-order valence-electron chi connectivity index (χ2n) is 6.94. The molecule has 0 saturated heterocycles. The summed E-state index contributed by atoms with van der Waals surface area (Å²) in [4.78, 5) is 12.7. The second kappa shape index (κ2) is 10.6. The number of hydrogen-bond donors (Lipinski definition) is 1. The zero-order valence-corrected chi connectivity index (χ0v) is 18.7. The molecule has 0 aliphatic rings. The zero-order valence-electron chi connectivity index (χ0n) is 17.9. The van der Waals surface area contributed by atoms with Crippen molar-refractivity contribution in [1.29, 1.82) is 0 Å². The van der Waals surface area contributed by atoms with E-state index >= 15 is 0 Å². The molecule has 0 amide bonds. The summed E-state index contributed by atoms with van der Waals surface area (Å²) in [6.45, 7) is 0. The number of aromatic nitrogens is 1. The number of ether oxygens (including phenoxy) is 1. The molecule has 2 aromatic carbocycles. The van der Waals surface area contributed by atoms with Gasteiger partial charge in [-0.05, 0) is 30.4 Å². The van der Waals surface area contributed by atoms with Gasteiger partial charge >= 0.3 is 6.18 Å². The molecule has 0 aliphatic heterocycles. The number of alkyl halides is 3. The van der Waals surface area contributed by atoms with Gasteiger partial charge in [0.2, 0.25) is 5.82 Å². The van der Waals surface area contributed by atoms with E-state index in [1.54, 1.807) is 13.1 Å². The number of anilines is 3. The molecule has 1 N–H and O–H groups in total. The third-order valence-electron chi connectivity index (χ3n) is 4.66. The zero-order chi connectivity index (χ0) is 24.9. The molecule has 3 aromatic rings. The number of nitrogens with zero attached hydrogens (tertiary/aromatic N) is 2. The van der Waals surface area contributed by atoms with Gasteiger partial charge in [-0.15, -0.1) is 0 Å². The number of halogens is 4. The highest BCUT2D eigenvalue weighted by atomic mass is 32.2. The fourth-order valence-corrected chi connectivity index (χ4v) is 3.98. The SMILES string of the molecule is COc1cc(CC(F)(F)F)c(F)cc1N(C)c1ccc([S+]([O-])Nc2ccon2)cc1/C=C\C=O. The molecule has 12 heteroatoms. The first kappa shape index (κ1) is 25.1. The van der Waals surface area contributed by atoms with Crippen molar-refractivity contribution in [2.24, 2.45) is 0 Å². The monoisotopic (exact) mass is 497 g/mol. The first-order chi connectivity index (χ1) is 16.1. The van der Waals surface area contributed by atoms with Crippen LogP contribution in [-0.4, -0.2) is 36.3 Å². The molecule has 0 aliphatic carbocycles. The molecule has 0 radical (unpaired) electrons. The van der Waals surface area contributed by atoms with Crippen LogP contribution in [-0.2, 0) is 22.6 Å². The van der Waals surface area contributed by atoms with E-state index in [9.17, 15) is 26.9 Å². The number of carbonyl (C=O) groups excluding carboxylic acids is 1. The summed E-state index contributed by atoms with van der Waals surface area (Å²) in [5.74, 6) is -0.767. The topological polar surface area (TPSA) is 90.7 Å². The predicted molar refractivity (Wildman–Crippen MR) is 119 cm³/mol. The van der Waals surface area contributed by atoms with E-state index in [0.29, 0.717) is 22.4 Å². The normalized spacial score (nSPS) is 12.6. The van der Waals surface area contributed by atoms with Crippen LogP contribution in [0.5, 0.6) is 5.75 Å². The van der Waals surface area contributed by atoms with E-state index in [2.05, 4.69) is 14.4 Å². The Balaban J connectivity index is 2.00. The van der Waals surface area contributed by atoms with Crippen LogP contribution < -0.4 is 14.4 Å². The predicted octanol–water partition coefficient (Wildman–Crippen LogP) is 5.04. The summed E-state index contributed by atoms with van der Waals surface area (Å²) in [5.41, 5.74) is 0.485. The third-order valence-corrected chi connectivity index (χ3v) is 5.74. The molecular formula is C22H19F4N3O4S. The van der Waals surface area contributed by atoms with Gasteiger partial charge in [-0.25, -0.2) is 4.39 Å². The fourth-order valence-electron chi connectivity index (χ4n) is 3.14. The number of methoxy groups -OCH3 is 1. The van der Waals surface area contributed by atoms with E-state index in [1.165, 1.54) is 48.6 Å². The molecule has 0 fully saturated rings. The Hall–Kier alpha value is -3.51. The van der Waals surface area contributed by atoms with Gasteiger partial charge in [0.05, 0.1) is 19.2 Å². The van der Waals surface area contributed by atoms with Crippen LogP contribution >= 0.6 is 0 Å². The lowest BCUT2D eigenvalue weighted by Crippen LogP contribution is -2.17. The van der Waals surface area contributed by atoms with Gasteiger partial charge < -0.3 is 18.7 Å². The Labute approximate surface area is 195 Å². The number of rotatable bonds is 9. The summed E-state index contributed by atoms with van der Waals surface area (Å²) >= 11 is -1.72. The van der Waals surface area contributed by atoms with Gasteiger partial charge in [0, 0.05) is 42.1 Å². The van der Waals surface area contributed by atoms with Gasteiger partial charge in [-0.1, -0.05) is 5.16 Å². The second-order valence-corrected chi connectivity index (χ2v) is 8.15. The maximum absolute atomic E-state index is 14.5. The molecule has 180 valence electrons. The van der Waals surface area contributed by atoms with Crippen molar-refractivity contribution in [2.45, 2.75) is 17.5 Å². The van der Waals surface area contributed by atoms with Crippen molar-refractivity contribution in [2.75, 3.05) is 23.8 Å². The highest BCUT2D eigenvalue weighted by Crippen LogP contribution is 2.38. The van der Waals surface area contributed by atoms with E-state index in [0.717, 1.165) is 12.1 Å². The average Bonchev–Trinajstić information content (AvgIpc) is 3.30. The Morgan fingerprint density at radius 3 is 2.62 bits per heavy atom. The molecule has 0 spiro atoms. The molecule has 1 atom stereocenters. The smallest absolute Gasteiger partial charge is 0.393 e. The maximum atomic E-state index is 14.5. The van der Waals surface area contributed by atoms with Gasteiger partial charge in [-0.2, -0.15) is 17.9 Å². The van der Waals surface area contributed by atoms with Crippen LogP contribution in [0.3, 0.4) is 0 Å². The Morgan fingerprint density at radius 1 is 1.24 bits per heavy atom. The summed E-state index contributed by atoms with van der Waals surface area (Å²) < 4.78 is 78.1. The number of nitrogens with one attached hydrogen (secondary N) is 1. The molecular weight excluding hydrogens is 478 g/mol. The minimum absolute atomic E-state index is 0.0221. The van der Waals surface area contributed by atoms with Gasteiger partial charge in [0.15, 0.2) is 4.90 Å². The lowest BCUT2D eigenvalue weighted by Gasteiger charge is -2.25. The van der Waals surface area contributed by atoms with Crippen LogP contribution in [0, 0.1) is 5.82 Å². The standard InChI is InChI=1S/C22H19F4N3O4S/c1-29(19-12-17(23)15(11-20(19)32-2)13-22(24,25)26)18-6-5-16(10-14(18)4-3-8-30)34(31)28-21-7-9-33-27-21/h3-12H,13H2,1-2H3,(H,27,28)/b4-3-. The number of hydrogen-bond acceptors (Lipinski definition) is 7. The molecule has 1 heterocycles. The first-order valence-electron chi connectivity index (χ1n) is 9.64. The van der Waals surface area contributed by atoms with E-state index in [4.69, 9.17) is 4.74 Å². The van der Waals surface area contributed by atoms with E-state index < -0.39 is 35.3 Å². The van der Waals surface area contributed by atoms with Crippen molar-refractivity contribution in [3.05, 3.63) is 65.7 Å². The maximum Gasteiger partial charge on any atom is 0.393 e. The van der Waals surface area contributed by atoms with Crippen LogP contribution in [0.2, 0.25) is 0 Å². The summed E-state index contributed by atoms with van der Waals surface area (Å²) in [6, 6.07) is 8.08. The van der Waals surface area contributed by atoms with Gasteiger partial charge in [0.1, 0.15) is 35.5 Å². The minimum Gasteiger partial charge on any atom is -0.588 e. The molecule has 0 bridgehead atoms. The Bertz CT molecular complexity index is 1170. The molecule has 1 unspecified atom stereocenters. The van der Waals surface area contributed by atoms with E-state index in [1.807, 2.05) is 0 Å². The molecule has 34 heavy (non-hydrogen) atoms. The van der Waals surface area contributed by atoms with Gasteiger partial charge in [0.25, 0.3) is 0 Å². The summed E-state index contributed by atoms with van der Waals surface area (Å²) in [6.07, 6.45) is -1.50. The lowest BCUT2D eigenvalue weighted by molar-refractivity contribution is -0.127. The molecule has 1 aromatic heterocycles. The number of allylic oxidation sites excluding steroid dienone is 1. The number of aldehydes is 1. The first-order valence-corrected chi connectivity index (χ1v) is 10.8. The molecule has 7 nitrogen and oxygen atoms in total. The summed E-state index contributed by atoms with van der Waals surface area (Å²) in [5, 5.41) is 3.63. The molecule has 0 saturated carbocycles. The van der Waals surface area contributed by atoms with Crippen molar-refractivity contribution in [1.82, 2.24) is 5.16 Å². The van der Waals surface area contributed by atoms with E-state index in [-0.39, 0.29) is 17.3 Å². The lowest BCUT2D eigenvalue weighted by atomic mass is 10.1. The third kappa shape index (κ3) is 6.08. The van der Waals surface area contributed by atoms with Crippen LogP contribution in [0.4, 0.5) is 34.8 Å². The van der Waals surface area contributed by atoms with Crippen LogP contribution in [0.1, 0.15) is 11.1 Å². The largest absolute Gasteiger partial charge is 0.588 e. The highest BCUT2D eigenvalue weighted by molar-refractivity contribution is 7.92. The number of benzene rings is 2. The minimum atomic E-state index is -4.59. The van der Waals surface area contributed by atoms with Crippen LogP contribution in [0.15, 0.2) is 58.2 Å². The quantitative estimate of drug-likeness (QED) is 0.192. The van der Waals surface area contributed by atoms with Gasteiger partial charge in [-0.3, -0.25) is 4.79 Å². The molecule has 3 rings (SSSR count). The van der Waals surface area contributed by atoms with Crippen molar-refractivity contribution in [3.8, 4) is 5.75 Å². The highest BCUT2D eigenvalue weighted by Gasteiger charge is 2.30. The average molecular weight is 497 g/mol. The van der Waals surface area contributed by atoms with Crippen molar-refractivity contribution < 1.29 is 36.2 Å². The number of carbonyl (C=O) groups is 1. The fraction of sp³-hybridized carbons (Fsp3) is 0.182.